The summed E-state index contributed by atoms with van der Waals surface area (Å²) in [6.07, 6.45) is -11.7. The Bertz CT molecular complexity index is 1520. The summed E-state index contributed by atoms with van der Waals surface area (Å²) in [5, 5.41) is 13.8. The van der Waals surface area contributed by atoms with E-state index in [4.69, 9.17) is 11.6 Å². The van der Waals surface area contributed by atoms with Gasteiger partial charge >= 0.3 is 18.7 Å². The van der Waals surface area contributed by atoms with Gasteiger partial charge in [-0.1, -0.05) is 35.9 Å². The van der Waals surface area contributed by atoms with Gasteiger partial charge in [-0.25, -0.2) is 4.98 Å². The molecule has 4 aromatic rings. The third kappa shape index (κ3) is 8.70. The number of alkyl halides is 7. The van der Waals surface area contributed by atoms with Crippen LogP contribution in [0, 0.1) is 0 Å². The smallest absolute Gasteiger partial charge is 0.428 e. The number of halogens is 8. The standard InChI is InChI=1S/C25H18ClF7N8O/c26-19-9-6-15(11-34-19)12-35-21-38-22(37-17-2-1-3-18(10-17)42-25(32,33)20(27)28)40-23(39-21)41-36-13-14-4-7-16(8-5-14)24(29,30)31/h1-11,20H,12-13H2,(H2,35,37,38,39,40). The summed E-state index contributed by atoms with van der Waals surface area (Å²) in [5.74, 6) is -0.900. The summed E-state index contributed by atoms with van der Waals surface area (Å²) < 4.78 is 94.2. The number of pyridine rings is 1. The Morgan fingerprint density at radius 3 is 2.26 bits per heavy atom. The second kappa shape index (κ2) is 12.9. The van der Waals surface area contributed by atoms with Gasteiger partial charge in [0.1, 0.15) is 10.9 Å². The lowest BCUT2D eigenvalue weighted by atomic mass is 10.1. The number of nitrogens with one attached hydrogen (secondary N) is 2. The first-order valence-corrected chi connectivity index (χ1v) is 12.1. The van der Waals surface area contributed by atoms with Crippen LogP contribution in [0.3, 0.4) is 0 Å². The average Bonchev–Trinajstić information content (AvgIpc) is 2.92. The molecule has 9 nitrogen and oxygen atoms in total. The van der Waals surface area contributed by atoms with Crippen molar-refractivity contribution in [3.8, 4) is 5.75 Å². The van der Waals surface area contributed by atoms with Crippen molar-refractivity contribution >= 4 is 35.1 Å². The third-order valence-electron chi connectivity index (χ3n) is 5.16. The number of benzene rings is 2. The zero-order chi connectivity index (χ0) is 30.3. The summed E-state index contributed by atoms with van der Waals surface area (Å²) in [5.41, 5.74) is 0.439. The molecule has 0 atom stereocenters. The number of hydrogen-bond donors (Lipinski definition) is 2. The molecule has 4 rings (SSSR count). The Balaban J connectivity index is 1.54. The molecule has 0 radical (unpaired) electrons. The van der Waals surface area contributed by atoms with Crippen LogP contribution in [0.2, 0.25) is 5.15 Å². The lowest BCUT2D eigenvalue weighted by molar-refractivity contribution is -0.253. The van der Waals surface area contributed by atoms with Gasteiger partial charge < -0.3 is 15.4 Å². The molecule has 0 aliphatic heterocycles. The number of anilines is 3. The maximum absolute atomic E-state index is 13.3. The highest BCUT2D eigenvalue weighted by atomic mass is 35.5. The van der Waals surface area contributed by atoms with Crippen LogP contribution in [0.25, 0.3) is 0 Å². The van der Waals surface area contributed by atoms with Crippen LogP contribution in [-0.2, 0) is 19.3 Å². The minimum Gasteiger partial charge on any atom is -0.428 e. The molecule has 0 saturated heterocycles. The summed E-state index contributed by atoms with van der Waals surface area (Å²) in [4.78, 5) is 16.4. The van der Waals surface area contributed by atoms with E-state index < -0.39 is 30.0 Å². The second-order valence-electron chi connectivity index (χ2n) is 8.34. The Morgan fingerprint density at radius 2 is 1.60 bits per heavy atom. The van der Waals surface area contributed by atoms with E-state index in [0.29, 0.717) is 16.3 Å². The lowest BCUT2D eigenvalue weighted by Crippen LogP contribution is -2.33. The molecule has 0 amide bonds. The van der Waals surface area contributed by atoms with Crippen molar-refractivity contribution in [2.75, 3.05) is 10.6 Å². The van der Waals surface area contributed by atoms with Crippen molar-refractivity contribution in [2.45, 2.75) is 31.8 Å². The second-order valence-corrected chi connectivity index (χ2v) is 8.72. The van der Waals surface area contributed by atoms with Crippen LogP contribution in [0.1, 0.15) is 16.7 Å². The minimum absolute atomic E-state index is 0.00238. The van der Waals surface area contributed by atoms with Crippen molar-refractivity contribution < 1.29 is 35.5 Å². The van der Waals surface area contributed by atoms with E-state index >= 15 is 0 Å². The van der Waals surface area contributed by atoms with E-state index in [1.165, 1.54) is 30.5 Å². The molecule has 0 aliphatic rings. The molecule has 2 aromatic heterocycles. The van der Waals surface area contributed by atoms with Gasteiger partial charge in [-0.2, -0.15) is 50.8 Å². The third-order valence-corrected chi connectivity index (χ3v) is 5.38. The Hall–Kier alpha value is -4.60. The zero-order valence-electron chi connectivity index (χ0n) is 21.0. The summed E-state index contributed by atoms with van der Waals surface area (Å²) in [6.45, 7) is 0.102. The van der Waals surface area contributed by atoms with Gasteiger partial charge in [0.05, 0.1) is 12.1 Å². The van der Waals surface area contributed by atoms with Crippen LogP contribution >= 0.6 is 11.6 Å². The monoisotopic (exact) mass is 614 g/mol. The van der Waals surface area contributed by atoms with E-state index in [1.807, 2.05) is 0 Å². The molecule has 220 valence electrons. The SMILES string of the molecule is FC(F)C(F)(F)Oc1cccc(Nc2nc(N=NCc3ccc(C(F)(F)F)cc3)nc(NCc3ccc(Cl)nc3)n2)c1. The van der Waals surface area contributed by atoms with Crippen LogP contribution < -0.4 is 15.4 Å². The highest BCUT2D eigenvalue weighted by Gasteiger charge is 2.44. The van der Waals surface area contributed by atoms with Gasteiger partial charge in [0, 0.05) is 24.5 Å². The van der Waals surface area contributed by atoms with Gasteiger partial charge in [-0.3, -0.25) is 0 Å². The van der Waals surface area contributed by atoms with Crippen LogP contribution in [0.15, 0.2) is 77.1 Å². The number of rotatable bonds is 11. The molecule has 0 fully saturated rings. The van der Waals surface area contributed by atoms with Crippen molar-refractivity contribution in [3.63, 3.8) is 0 Å². The van der Waals surface area contributed by atoms with Gasteiger partial charge in [-0.05, 0) is 41.5 Å². The van der Waals surface area contributed by atoms with Crippen molar-refractivity contribution in [3.05, 3.63) is 88.7 Å². The predicted octanol–water partition coefficient (Wildman–Crippen LogP) is 7.82. The van der Waals surface area contributed by atoms with E-state index in [9.17, 15) is 30.7 Å². The molecular formula is C25H18ClF7N8O. The highest BCUT2D eigenvalue weighted by molar-refractivity contribution is 6.29. The molecule has 17 heteroatoms. The molecule has 0 saturated carbocycles. The lowest BCUT2D eigenvalue weighted by Gasteiger charge is -2.17. The first-order valence-electron chi connectivity index (χ1n) is 11.7. The maximum atomic E-state index is 13.3. The number of ether oxygens (including phenoxy) is 1. The Kier molecular flexibility index (Phi) is 9.35. The van der Waals surface area contributed by atoms with Gasteiger partial charge in [-0.15, -0.1) is 5.11 Å². The largest absolute Gasteiger partial charge is 0.461 e. The normalized spacial score (nSPS) is 12.1. The first-order chi connectivity index (χ1) is 19.9. The average molecular weight is 615 g/mol. The summed E-state index contributed by atoms with van der Waals surface area (Å²) >= 11 is 5.80. The number of aromatic nitrogens is 4. The van der Waals surface area contributed by atoms with Crippen LogP contribution in [-0.4, -0.2) is 32.5 Å². The quantitative estimate of drug-likeness (QED) is 0.101. The zero-order valence-corrected chi connectivity index (χ0v) is 21.7. The van der Waals surface area contributed by atoms with E-state index in [1.54, 1.807) is 12.1 Å². The van der Waals surface area contributed by atoms with Crippen molar-refractivity contribution in [2.24, 2.45) is 10.2 Å². The fourth-order valence-electron chi connectivity index (χ4n) is 3.18. The van der Waals surface area contributed by atoms with Crippen molar-refractivity contribution in [1.82, 2.24) is 19.9 Å². The van der Waals surface area contributed by atoms with Gasteiger partial charge in [0.15, 0.2) is 0 Å². The van der Waals surface area contributed by atoms with Crippen LogP contribution in [0.5, 0.6) is 5.75 Å². The molecule has 0 bridgehead atoms. The molecule has 0 aliphatic carbocycles. The maximum Gasteiger partial charge on any atom is 0.461 e. The number of azo groups is 1. The summed E-state index contributed by atoms with van der Waals surface area (Å²) in [7, 11) is 0. The number of hydrogen-bond acceptors (Lipinski definition) is 9. The van der Waals surface area contributed by atoms with Gasteiger partial charge in [0.2, 0.25) is 11.9 Å². The van der Waals surface area contributed by atoms with E-state index in [-0.39, 0.29) is 36.6 Å². The first kappa shape index (κ1) is 30.4. The molecule has 2 aromatic carbocycles. The highest BCUT2D eigenvalue weighted by Crippen LogP contribution is 2.30. The molecule has 0 spiro atoms. The van der Waals surface area contributed by atoms with Gasteiger partial charge in [0.25, 0.3) is 5.95 Å². The Labute approximate surface area is 237 Å². The minimum atomic E-state index is -4.71. The summed E-state index contributed by atoms with van der Waals surface area (Å²) in [6, 6.07) is 12.4. The van der Waals surface area contributed by atoms with E-state index in [2.05, 4.69) is 45.5 Å². The predicted molar refractivity (Wildman–Crippen MR) is 137 cm³/mol. The van der Waals surface area contributed by atoms with Crippen molar-refractivity contribution in [1.29, 1.82) is 0 Å². The fourth-order valence-corrected chi connectivity index (χ4v) is 3.30. The molecule has 2 heterocycles. The fraction of sp³-hybridized carbons (Fsp3) is 0.200. The Morgan fingerprint density at radius 1 is 0.881 bits per heavy atom. The van der Waals surface area contributed by atoms with Crippen LogP contribution in [0.4, 0.5) is 54.3 Å². The van der Waals surface area contributed by atoms with E-state index in [0.717, 1.165) is 24.3 Å². The number of nitrogens with zero attached hydrogens (tertiary/aromatic N) is 6. The topological polar surface area (TPSA) is 110 Å². The molecule has 0 unspecified atom stereocenters. The molecule has 42 heavy (non-hydrogen) atoms. The molecule has 2 N–H and O–H groups in total. The molecular weight excluding hydrogens is 597 g/mol.